The molecule has 0 radical (unpaired) electrons. The van der Waals surface area contributed by atoms with Gasteiger partial charge in [0.15, 0.2) is 18.4 Å². The Bertz CT molecular complexity index is 770. The molecule has 0 amide bonds. The molecule has 0 aromatic carbocycles. The first-order valence-corrected chi connectivity index (χ1v) is 11.2. The molecule has 0 aromatic heterocycles. The zero-order valence-corrected chi connectivity index (χ0v) is 18.1. The van der Waals surface area contributed by atoms with E-state index in [2.05, 4.69) is 25.2 Å². The second-order valence-electron chi connectivity index (χ2n) is 10.2. The Hall–Kier alpha value is -1.34. The molecule has 4 aliphatic rings. The van der Waals surface area contributed by atoms with Gasteiger partial charge in [0.1, 0.15) is 6.61 Å². The summed E-state index contributed by atoms with van der Waals surface area (Å²) < 4.78 is 9.76. The molecular weight excluding hydrogens is 384 g/mol. The largest absolute Gasteiger partial charge is 0.347 e. The third kappa shape index (κ3) is 3.52. The van der Waals surface area contributed by atoms with Gasteiger partial charge in [0.2, 0.25) is 0 Å². The quantitative estimate of drug-likeness (QED) is 0.391. The third-order valence-corrected chi connectivity index (χ3v) is 8.82. The van der Waals surface area contributed by atoms with E-state index in [4.69, 9.17) is 14.9 Å². The third-order valence-electron chi connectivity index (χ3n) is 8.82. The van der Waals surface area contributed by atoms with E-state index < -0.39 is 6.48 Å². The molecular formula is C24H34O6. The van der Waals surface area contributed by atoms with E-state index >= 15 is 0 Å². The van der Waals surface area contributed by atoms with Crippen molar-refractivity contribution in [2.75, 3.05) is 13.4 Å². The molecule has 3 saturated carbocycles. The average molecular weight is 419 g/mol. The minimum atomic E-state index is -1.90. The van der Waals surface area contributed by atoms with Crippen LogP contribution in [-0.2, 0) is 19.1 Å². The molecule has 4 rings (SSSR count). The van der Waals surface area contributed by atoms with Crippen molar-refractivity contribution in [1.82, 2.24) is 0 Å². The van der Waals surface area contributed by atoms with Gasteiger partial charge in [-0.3, -0.25) is 9.59 Å². The van der Waals surface area contributed by atoms with Crippen molar-refractivity contribution in [3.63, 3.8) is 0 Å². The summed E-state index contributed by atoms with van der Waals surface area (Å²) in [5.74, 6) is 1.62. The van der Waals surface area contributed by atoms with Gasteiger partial charge >= 0.3 is 0 Å². The van der Waals surface area contributed by atoms with Gasteiger partial charge in [-0.1, -0.05) is 31.6 Å². The van der Waals surface area contributed by atoms with E-state index in [0.29, 0.717) is 24.2 Å². The van der Waals surface area contributed by atoms with E-state index in [-0.39, 0.29) is 41.7 Å². The number of hydrogen-bond donors (Lipinski definition) is 2. The van der Waals surface area contributed by atoms with Crippen LogP contribution in [-0.4, -0.2) is 41.7 Å². The van der Waals surface area contributed by atoms with Crippen molar-refractivity contribution in [3.8, 4) is 0 Å². The van der Waals surface area contributed by atoms with E-state index in [1.54, 1.807) is 0 Å². The molecule has 0 unspecified atom stereocenters. The van der Waals surface area contributed by atoms with E-state index in [1.807, 2.05) is 6.08 Å². The van der Waals surface area contributed by atoms with Crippen LogP contribution in [0.15, 0.2) is 23.8 Å². The first-order valence-electron chi connectivity index (χ1n) is 11.2. The van der Waals surface area contributed by atoms with Crippen LogP contribution in [0.2, 0.25) is 0 Å². The van der Waals surface area contributed by atoms with Gasteiger partial charge in [-0.15, -0.1) is 0 Å². The normalized spacial score (nSPS) is 40.6. The second kappa shape index (κ2) is 7.97. The summed E-state index contributed by atoms with van der Waals surface area (Å²) in [6.07, 6.45) is 8.56. The summed E-state index contributed by atoms with van der Waals surface area (Å²) in [6.45, 7) is 6.55. The number of Topliss-reactive ketones (excluding diaryl/α,β-unsaturated/α-hetero) is 1. The number of carbonyl (C=O) groups excluding carboxylic acids is 2. The lowest BCUT2D eigenvalue weighted by Crippen LogP contribution is -2.51. The van der Waals surface area contributed by atoms with Crippen LogP contribution in [0.5, 0.6) is 0 Å². The summed E-state index contributed by atoms with van der Waals surface area (Å²) in [5.41, 5.74) is 2.36. The van der Waals surface area contributed by atoms with E-state index in [9.17, 15) is 9.59 Å². The van der Waals surface area contributed by atoms with Crippen LogP contribution >= 0.6 is 0 Å². The maximum absolute atomic E-state index is 13.0. The van der Waals surface area contributed by atoms with Gasteiger partial charge < -0.3 is 19.7 Å². The molecule has 166 valence electrons. The number of rotatable bonds is 6. The molecule has 3 fully saturated rings. The predicted octanol–water partition coefficient (Wildman–Crippen LogP) is 3.13. The van der Waals surface area contributed by atoms with Crippen LogP contribution in [0.4, 0.5) is 0 Å². The van der Waals surface area contributed by atoms with E-state index in [0.717, 1.165) is 44.1 Å². The number of carbonyl (C=O) groups is 2. The SMILES string of the molecule is C=C1C[C@H]2[C@@H]3CCC4=CC(=O)CC[C@]4(C)[C@H]3CC[C@]2(C)[C@H]1C(=O)COCOC(O)O. The molecule has 4 aliphatic carbocycles. The summed E-state index contributed by atoms with van der Waals surface area (Å²) in [7, 11) is 0. The lowest BCUT2D eigenvalue weighted by Gasteiger charge is -2.57. The minimum absolute atomic E-state index is 0.00495. The van der Waals surface area contributed by atoms with Crippen molar-refractivity contribution < 1.29 is 29.3 Å². The second-order valence-corrected chi connectivity index (χ2v) is 10.2. The standard InChI is InChI=1S/C24H34O6/c1-14-10-19-17-5-4-15-11-16(25)6-8-23(15,2)18(17)7-9-24(19,3)21(14)20(26)12-29-13-30-22(27)28/h11,17-19,21-22,27-28H,1,4-10,12-13H2,2-3H3/t17-,18+,19+,21-,23+,24+/m1/s1. The van der Waals surface area contributed by atoms with Crippen LogP contribution in [0.25, 0.3) is 0 Å². The Morgan fingerprint density at radius 2 is 2.00 bits per heavy atom. The lowest BCUT2D eigenvalue weighted by atomic mass is 9.46. The minimum Gasteiger partial charge on any atom is -0.347 e. The van der Waals surface area contributed by atoms with Gasteiger partial charge in [0.25, 0.3) is 6.48 Å². The highest BCUT2D eigenvalue weighted by Crippen LogP contribution is 2.67. The van der Waals surface area contributed by atoms with E-state index in [1.165, 1.54) is 5.57 Å². The highest BCUT2D eigenvalue weighted by molar-refractivity contribution is 5.91. The first-order chi connectivity index (χ1) is 14.2. The van der Waals surface area contributed by atoms with Crippen LogP contribution in [0.3, 0.4) is 0 Å². The van der Waals surface area contributed by atoms with Crippen LogP contribution < -0.4 is 0 Å². The summed E-state index contributed by atoms with van der Waals surface area (Å²) in [6, 6.07) is 0. The van der Waals surface area contributed by atoms with Gasteiger partial charge in [0, 0.05) is 12.3 Å². The number of aliphatic hydroxyl groups excluding tert-OH is 1. The molecule has 6 atom stereocenters. The lowest BCUT2D eigenvalue weighted by molar-refractivity contribution is -0.268. The number of ketones is 2. The number of hydrogen-bond acceptors (Lipinski definition) is 6. The number of fused-ring (bicyclic) bond motifs is 5. The van der Waals surface area contributed by atoms with Gasteiger partial charge in [-0.05, 0) is 73.2 Å². The molecule has 6 heteroatoms. The van der Waals surface area contributed by atoms with Crippen molar-refractivity contribution in [1.29, 1.82) is 0 Å². The molecule has 0 aliphatic heterocycles. The summed E-state index contributed by atoms with van der Waals surface area (Å²) in [5, 5.41) is 17.5. The fraction of sp³-hybridized carbons (Fsp3) is 0.750. The van der Waals surface area contributed by atoms with Gasteiger partial charge in [0.05, 0.1) is 0 Å². The maximum Gasteiger partial charge on any atom is 0.268 e. The molecule has 2 N–H and O–H groups in total. The van der Waals surface area contributed by atoms with Crippen molar-refractivity contribution in [2.45, 2.75) is 65.3 Å². The molecule has 0 bridgehead atoms. The number of allylic oxidation sites excluding steroid dienone is 2. The fourth-order valence-corrected chi connectivity index (χ4v) is 7.45. The fourth-order valence-electron chi connectivity index (χ4n) is 7.45. The van der Waals surface area contributed by atoms with Crippen molar-refractivity contribution in [3.05, 3.63) is 23.8 Å². The zero-order valence-electron chi connectivity index (χ0n) is 18.1. The zero-order chi connectivity index (χ0) is 21.7. The maximum atomic E-state index is 13.0. The summed E-state index contributed by atoms with van der Waals surface area (Å²) in [4.78, 5) is 25.0. The van der Waals surface area contributed by atoms with Crippen molar-refractivity contribution >= 4 is 11.6 Å². The number of ether oxygens (including phenoxy) is 2. The topological polar surface area (TPSA) is 93.1 Å². The Labute approximate surface area is 178 Å². The highest BCUT2D eigenvalue weighted by Gasteiger charge is 2.61. The average Bonchev–Trinajstić information content (AvgIpc) is 2.95. The molecule has 0 heterocycles. The molecule has 0 spiro atoms. The predicted molar refractivity (Wildman–Crippen MR) is 110 cm³/mol. The molecule has 0 saturated heterocycles. The first kappa shape index (κ1) is 21.9. The van der Waals surface area contributed by atoms with Crippen molar-refractivity contribution in [2.24, 2.45) is 34.5 Å². The molecule has 30 heavy (non-hydrogen) atoms. The molecule has 6 nitrogen and oxygen atoms in total. The van der Waals surface area contributed by atoms with Crippen LogP contribution in [0.1, 0.15) is 58.8 Å². The highest BCUT2D eigenvalue weighted by atomic mass is 16.8. The Balaban J connectivity index is 1.50. The monoisotopic (exact) mass is 418 g/mol. The number of aliphatic hydroxyl groups is 2. The Morgan fingerprint density at radius 1 is 1.23 bits per heavy atom. The Morgan fingerprint density at radius 3 is 2.73 bits per heavy atom. The Kier molecular flexibility index (Phi) is 5.81. The van der Waals surface area contributed by atoms with Gasteiger partial charge in [-0.25, -0.2) is 0 Å². The summed E-state index contributed by atoms with van der Waals surface area (Å²) >= 11 is 0. The van der Waals surface area contributed by atoms with Crippen LogP contribution in [0, 0.1) is 34.5 Å². The van der Waals surface area contributed by atoms with Gasteiger partial charge in [-0.2, -0.15) is 0 Å². The molecule has 0 aromatic rings. The smallest absolute Gasteiger partial charge is 0.268 e.